The molecule has 1 saturated carbocycles. The van der Waals surface area contributed by atoms with E-state index in [4.69, 9.17) is 61.6 Å². The molecule has 3 aromatic rings. The zero-order chi connectivity index (χ0) is 27.8. The fourth-order valence-electron chi connectivity index (χ4n) is 4.61. The molecule has 0 amide bonds. The van der Waals surface area contributed by atoms with Crippen LogP contribution in [0.25, 0.3) is 5.70 Å². The van der Waals surface area contributed by atoms with Crippen LogP contribution in [-0.4, -0.2) is 23.5 Å². The smallest absolute Gasteiger partial charge is 0.335 e. The number of halogens is 4. The van der Waals surface area contributed by atoms with Crippen molar-refractivity contribution in [3.8, 4) is 11.5 Å². The minimum absolute atomic E-state index is 0.0994. The van der Waals surface area contributed by atoms with Gasteiger partial charge in [0, 0.05) is 17.0 Å². The summed E-state index contributed by atoms with van der Waals surface area (Å²) in [5, 5.41) is 10.6. The number of aryl methyl sites for hydroxylation is 1. The standard InChI is InChI=1S/C29H23Cl4NO5/c30-19-2-1-3-20(31)26(19)27(34)18(28(35)14-4-5-14)13-38-17-11-21(32)25(22(33)12-17)24-9-6-15-10-16(29(36)37)7-8-23(15)39-24/h1-3,7-8,10-12,14,24H,4-6,9,13,34H2,(H,36,37). The molecule has 0 aromatic heterocycles. The van der Waals surface area contributed by atoms with Gasteiger partial charge in [-0.15, -0.1) is 0 Å². The van der Waals surface area contributed by atoms with Gasteiger partial charge in [0.25, 0.3) is 0 Å². The van der Waals surface area contributed by atoms with Crippen molar-refractivity contribution in [1.29, 1.82) is 0 Å². The van der Waals surface area contributed by atoms with E-state index in [1.54, 1.807) is 42.5 Å². The number of rotatable bonds is 8. The van der Waals surface area contributed by atoms with E-state index in [0.717, 1.165) is 18.4 Å². The molecule has 2 aliphatic rings. The number of Topliss-reactive ketones (excluding diaryl/α,β-unsaturated/α-hetero) is 1. The number of hydrogen-bond acceptors (Lipinski definition) is 5. The zero-order valence-electron chi connectivity index (χ0n) is 20.5. The molecule has 10 heteroatoms. The third-order valence-electron chi connectivity index (χ3n) is 6.81. The minimum atomic E-state index is -0.991. The van der Waals surface area contributed by atoms with Crippen molar-refractivity contribution in [2.75, 3.05) is 6.61 Å². The summed E-state index contributed by atoms with van der Waals surface area (Å²) in [7, 11) is 0. The number of carboxylic acid groups (broad SMARTS) is 1. The fraction of sp³-hybridized carbons (Fsp3) is 0.241. The van der Waals surface area contributed by atoms with Gasteiger partial charge in [0.2, 0.25) is 0 Å². The van der Waals surface area contributed by atoms with Crippen molar-refractivity contribution in [2.45, 2.75) is 31.8 Å². The number of carbonyl (C=O) groups is 2. The normalized spacial score (nSPS) is 17.1. The highest BCUT2D eigenvalue weighted by Crippen LogP contribution is 2.43. The third-order valence-corrected chi connectivity index (χ3v) is 8.07. The predicted octanol–water partition coefficient (Wildman–Crippen LogP) is 7.79. The van der Waals surface area contributed by atoms with Gasteiger partial charge in [-0.2, -0.15) is 0 Å². The lowest BCUT2D eigenvalue weighted by Crippen LogP contribution is -2.19. The van der Waals surface area contributed by atoms with Gasteiger partial charge in [0.1, 0.15) is 24.2 Å². The Bertz CT molecular complexity index is 1470. The van der Waals surface area contributed by atoms with E-state index in [2.05, 4.69) is 0 Å². The molecule has 1 fully saturated rings. The van der Waals surface area contributed by atoms with E-state index in [1.807, 2.05) is 0 Å². The van der Waals surface area contributed by atoms with Crippen LogP contribution in [0.3, 0.4) is 0 Å². The number of carbonyl (C=O) groups excluding carboxylic acids is 1. The molecule has 1 aliphatic heterocycles. The highest BCUT2D eigenvalue weighted by molar-refractivity contribution is 6.38. The van der Waals surface area contributed by atoms with E-state index in [9.17, 15) is 14.7 Å². The maximum atomic E-state index is 13.1. The molecule has 202 valence electrons. The second kappa shape index (κ2) is 11.3. The lowest BCUT2D eigenvalue weighted by Gasteiger charge is -2.28. The second-order valence-corrected chi connectivity index (χ2v) is 11.1. The Morgan fingerprint density at radius 3 is 2.23 bits per heavy atom. The maximum absolute atomic E-state index is 13.1. The SMILES string of the molecule is NC(=C(COc1cc(Cl)c(C2CCc3cc(C(=O)O)ccc3O2)c(Cl)c1)C(=O)C1CC1)c1c(Cl)cccc1Cl. The third kappa shape index (κ3) is 5.85. The van der Waals surface area contributed by atoms with Gasteiger partial charge in [0.05, 0.1) is 36.9 Å². The molecule has 3 aromatic carbocycles. The van der Waals surface area contributed by atoms with Crippen molar-refractivity contribution in [2.24, 2.45) is 11.7 Å². The first kappa shape index (κ1) is 27.7. The van der Waals surface area contributed by atoms with Crippen LogP contribution in [0.4, 0.5) is 0 Å². The zero-order valence-corrected chi connectivity index (χ0v) is 23.5. The lowest BCUT2D eigenvalue weighted by atomic mass is 9.96. The number of ether oxygens (including phenoxy) is 2. The van der Waals surface area contributed by atoms with Gasteiger partial charge >= 0.3 is 5.97 Å². The predicted molar refractivity (Wildman–Crippen MR) is 152 cm³/mol. The molecule has 0 spiro atoms. The van der Waals surface area contributed by atoms with Crippen LogP contribution in [-0.2, 0) is 11.2 Å². The van der Waals surface area contributed by atoms with Crippen LogP contribution in [0.2, 0.25) is 20.1 Å². The Labute approximate surface area is 245 Å². The quantitative estimate of drug-likeness (QED) is 0.254. The van der Waals surface area contributed by atoms with Gasteiger partial charge in [0.15, 0.2) is 5.78 Å². The number of carboxylic acids is 1. The molecule has 0 saturated heterocycles. The van der Waals surface area contributed by atoms with E-state index >= 15 is 0 Å². The van der Waals surface area contributed by atoms with Crippen LogP contribution >= 0.6 is 46.4 Å². The Balaban J connectivity index is 1.38. The first-order chi connectivity index (χ1) is 18.6. The Morgan fingerprint density at radius 1 is 0.949 bits per heavy atom. The first-order valence-corrected chi connectivity index (χ1v) is 13.8. The minimum Gasteiger partial charge on any atom is -0.489 e. The maximum Gasteiger partial charge on any atom is 0.335 e. The largest absolute Gasteiger partial charge is 0.489 e. The van der Waals surface area contributed by atoms with Gasteiger partial charge in [-0.3, -0.25) is 4.79 Å². The van der Waals surface area contributed by atoms with Crippen molar-refractivity contribution in [1.82, 2.24) is 0 Å². The van der Waals surface area contributed by atoms with Crippen molar-refractivity contribution < 1.29 is 24.2 Å². The van der Waals surface area contributed by atoms with Crippen LogP contribution < -0.4 is 15.2 Å². The number of aromatic carboxylic acids is 1. The average Bonchev–Trinajstić information content (AvgIpc) is 3.73. The van der Waals surface area contributed by atoms with Crippen LogP contribution in [0.15, 0.2) is 54.1 Å². The summed E-state index contributed by atoms with van der Waals surface area (Å²) in [5.41, 5.74) is 8.91. The van der Waals surface area contributed by atoms with E-state index < -0.39 is 12.1 Å². The summed E-state index contributed by atoms with van der Waals surface area (Å²) in [6, 6.07) is 13.0. The van der Waals surface area contributed by atoms with E-state index in [0.29, 0.717) is 55.6 Å². The van der Waals surface area contributed by atoms with Gasteiger partial charge < -0.3 is 20.3 Å². The molecule has 1 heterocycles. The average molecular weight is 607 g/mol. The number of benzene rings is 3. The molecule has 5 rings (SSSR count). The highest BCUT2D eigenvalue weighted by atomic mass is 35.5. The summed E-state index contributed by atoms with van der Waals surface area (Å²) in [6.45, 7) is -0.117. The van der Waals surface area contributed by atoms with Crippen LogP contribution in [0.5, 0.6) is 11.5 Å². The fourth-order valence-corrected chi connectivity index (χ4v) is 5.92. The molecule has 1 aliphatic carbocycles. The topological polar surface area (TPSA) is 98.8 Å². The lowest BCUT2D eigenvalue weighted by molar-refractivity contribution is -0.116. The number of fused-ring (bicyclic) bond motifs is 1. The Kier molecular flexibility index (Phi) is 8.01. The molecule has 0 bridgehead atoms. The molecular formula is C29H23Cl4NO5. The van der Waals surface area contributed by atoms with E-state index in [-0.39, 0.29) is 35.1 Å². The summed E-state index contributed by atoms with van der Waals surface area (Å²) >= 11 is 26.0. The van der Waals surface area contributed by atoms with Gasteiger partial charge in [-0.25, -0.2) is 4.79 Å². The number of hydrogen-bond donors (Lipinski definition) is 2. The van der Waals surface area contributed by atoms with Crippen molar-refractivity contribution in [3.05, 3.63) is 96.4 Å². The second-order valence-electron chi connectivity index (χ2n) is 9.49. The monoisotopic (exact) mass is 605 g/mol. The van der Waals surface area contributed by atoms with Crippen LogP contribution in [0, 0.1) is 5.92 Å². The molecule has 1 atom stereocenters. The van der Waals surface area contributed by atoms with Crippen molar-refractivity contribution in [3.63, 3.8) is 0 Å². The van der Waals surface area contributed by atoms with E-state index in [1.165, 1.54) is 6.07 Å². The molecular weight excluding hydrogens is 584 g/mol. The molecule has 39 heavy (non-hydrogen) atoms. The van der Waals surface area contributed by atoms with Crippen LogP contribution in [0.1, 0.15) is 52.4 Å². The van der Waals surface area contributed by atoms with Gasteiger partial charge in [-0.1, -0.05) is 52.5 Å². The Morgan fingerprint density at radius 2 is 1.62 bits per heavy atom. The number of ketones is 1. The number of nitrogens with two attached hydrogens (primary N) is 1. The molecule has 6 nitrogen and oxygen atoms in total. The van der Waals surface area contributed by atoms with Crippen molar-refractivity contribution >= 4 is 63.9 Å². The molecule has 3 N–H and O–H groups in total. The summed E-state index contributed by atoms with van der Waals surface area (Å²) in [6.07, 6.45) is 2.33. The molecule has 0 radical (unpaired) electrons. The summed E-state index contributed by atoms with van der Waals surface area (Å²) in [4.78, 5) is 24.4. The first-order valence-electron chi connectivity index (χ1n) is 12.3. The summed E-state index contributed by atoms with van der Waals surface area (Å²) in [5.74, 6) is -0.246. The molecule has 1 unspecified atom stereocenters. The summed E-state index contributed by atoms with van der Waals surface area (Å²) < 4.78 is 12.1. The Hall–Kier alpha value is -2.90. The highest BCUT2D eigenvalue weighted by Gasteiger charge is 2.34. The van der Waals surface area contributed by atoms with Gasteiger partial charge in [-0.05, 0) is 73.7 Å².